The lowest BCUT2D eigenvalue weighted by atomic mass is 10.1. The van der Waals surface area contributed by atoms with E-state index in [1.165, 1.54) is 0 Å². The predicted octanol–water partition coefficient (Wildman–Crippen LogP) is 4.80. The van der Waals surface area contributed by atoms with E-state index in [4.69, 9.17) is 0 Å². The molecule has 0 amide bonds. The molecule has 0 atom stereocenters. The first-order valence-corrected chi connectivity index (χ1v) is 10.3. The van der Waals surface area contributed by atoms with Crippen LogP contribution in [-0.4, -0.2) is 37.5 Å². The Balaban J connectivity index is 1.87. The number of benzene rings is 2. The molecule has 6 nitrogen and oxygen atoms in total. The van der Waals surface area contributed by atoms with Crippen molar-refractivity contribution < 1.29 is 0 Å². The fourth-order valence-corrected chi connectivity index (χ4v) is 3.44. The maximum absolute atomic E-state index is 9.62. The van der Waals surface area contributed by atoms with Crippen molar-refractivity contribution in [1.82, 2.24) is 9.36 Å². The van der Waals surface area contributed by atoms with Gasteiger partial charge in [-0.15, -0.1) is 0 Å². The SMILES string of the molecule is CN(C)c1ccc(/C=C(\C#N)c2nsc(/C(C#N)=C/c3ccc(N(C)C)cc3)n2)cc1. The molecule has 3 aromatic rings. The van der Waals surface area contributed by atoms with Crippen molar-refractivity contribution in [3.05, 3.63) is 70.5 Å². The minimum atomic E-state index is 0.322. The van der Waals surface area contributed by atoms with Crippen molar-refractivity contribution in [2.24, 2.45) is 0 Å². The lowest BCUT2D eigenvalue weighted by molar-refractivity contribution is 1.13. The molecule has 1 aromatic heterocycles. The van der Waals surface area contributed by atoms with Crippen LogP contribution in [0.5, 0.6) is 0 Å². The van der Waals surface area contributed by atoms with Gasteiger partial charge < -0.3 is 9.80 Å². The molecule has 0 N–H and O–H groups in total. The summed E-state index contributed by atoms with van der Waals surface area (Å²) in [5, 5.41) is 19.7. The molecule has 0 saturated heterocycles. The average Bonchev–Trinajstić information content (AvgIpc) is 3.26. The third-order valence-electron chi connectivity index (χ3n) is 4.58. The van der Waals surface area contributed by atoms with Crippen LogP contribution >= 0.6 is 11.5 Å². The second-order valence-electron chi connectivity index (χ2n) is 7.23. The Hall–Kier alpha value is -3.94. The molecule has 0 aliphatic rings. The predicted molar refractivity (Wildman–Crippen MR) is 128 cm³/mol. The van der Waals surface area contributed by atoms with Gasteiger partial charge in [-0.3, -0.25) is 0 Å². The second kappa shape index (κ2) is 9.71. The van der Waals surface area contributed by atoms with E-state index in [2.05, 4.69) is 21.5 Å². The Morgan fingerprint density at radius 1 is 0.774 bits per heavy atom. The Morgan fingerprint density at radius 3 is 1.65 bits per heavy atom. The summed E-state index contributed by atoms with van der Waals surface area (Å²) >= 11 is 1.11. The summed E-state index contributed by atoms with van der Waals surface area (Å²) in [6.45, 7) is 0. The van der Waals surface area contributed by atoms with E-state index < -0.39 is 0 Å². The van der Waals surface area contributed by atoms with Gasteiger partial charge >= 0.3 is 0 Å². The van der Waals surface area contributed by atoms with Crippen molar-refractivity contribution in [3.63, 3.8) is 0 Å². The van der Waals surface area contributed by atoms with Crippen LogP contribution < -0.4 is 9.80 Å². The highest BCUT2D eigenvalue weighted by Gasteiger charge is 2.13. The smallest absolute Gasteiger partial charge is 0.184 e. The number of nitrogens with zero attached hydrogens (tertiary/aromatic N) is 6. The second-order valence-corrected chi connectivity index (χ2v) is 7.99. The Kier molecular flexibility index (Phi) is 6.81. The summed E-state index contributed by atoms with van der Waals surface area (Å²) in [4.78, 5) is 8.47. The quantitative estimate of drug-likeness (QED) is 0.527. The highest BCUT2D eigenvalue weighted by atomic mass is 32.1. The highest BCUT2D eigenvalue weighted by Crippen LogP contribution is 2.24. The first-order valence-electron chi connectivity index (χ1n) is 9.54. The van der Waals surface area contributed by atoms with E-state index in [1.54, 1.807) is 12.2 Å². The number of anilines is 2. The summed E-state index contributed by atoms with van der Waals surface area (Å²) in [5.74, 6) is 0.322. The number of aromatic nitrogens is 2. The van der Waals surface area contributed by atoms with Gasteiger partial charge in [0.2, 0.25) is 0 Å². The van der Waals surface area contributed by atoms with Gasteiger partial charge in [-0.05, 0) is 59.1 Å². The average molecular weight is 427 g/mol. The van der Waals surface area contributed by atoms with Crippen molar-refractivity contribution in [2.45, 2.75) is 0 Å². The van der Waals surface area contributed by atoms with Crippen molar-refractivity contribution in [2.75, 3.05) is 38.0 Å². The molecule has 0 unspecified atom stereocenters. The van der Waals surface area contributed by atoms with Crippen LogP contribution in [0.1, 0.15) is 22.0 Å². The number of hydrogen-bond acceptors (Lipinski definition) is 7. The molecule has 0 saturated carbocycles. The fourth-order valence-electron chi connectivity index (χ4n) is 2.80. The van der Waals surface area contributed by atoms with E-state index in [-0.39, 0.29) is 0 Å². The van der Waals surface area contributed by atoms with Crippen LogP contribution in [0.2, 0.25) is 0 Å². The monoisotopic (exact) mass is 426 g/mol. The first kappa shape index (κ1) is 21.8. The number of hydrogen-bond donors (Lipinski definition) is 0. The molecule has 0 aliphatic heterocycles. The van der Waals surface area contributed by atoms with E-state index >= 15 is 0 Å². The summed E-state index contributed by atoms with van der Waals surface area (Å²) < 4.78 is 4.31. The molecule has 3 rings (SSSR count). The topological polar surface area (TPSA) is 79.8 Å². The molecular formula is C24H22N6S. The summed E-state index contributed by atoms with van der Waals surface area (Å²) in [7, 11) is 7.91. The van der Waals surface area contributed by atoms with Gasteiger partial charge in [0.25, 0.3) is 0 Å². The number of rotatable bonds is 6. The molecule has 0 bridgehead atoms. The zero-order chi connectivity index (χ0) is 22.4. The van der Waals surface area contributed by atoms with Gasteiger partial charge in [-0.1, -0.05) is 24.3 Å². The summed E-state index contributed by atoms with van der Waals surface area (Å²) in [5.41, 5.74) is 4.71. The molecule has 0 radical (unpaired) electrons. The maximum atomic E-state index is 9.62. The molecule has 31 heavy (non-hydrogen) atoms. The van der Waals surface area contributed by atoms with Gasteiger partial charge in [0, 0.05) is 39.6 Å². The minimum absolute atomic E-state index is 0.322. The number of nitriles is 2. The van der Waals surface area contributed by atoms with Gasteiger partial charge in [-0.2, -0.15) is 14.9 Å². The lowest BCUT2D eigenvalue weighted by Crippen LogP contribution is -2.07. The van der Waals surface area contributed by atoms with Crippen LogP contribution in [0.25, 0.3) is 23.3 Å². The van der Waals surface area contributed by atoms with E-state index in [9.17, 15) is 10.5 Å². The molecule has 154 valence electrons. The standard InChI is InChI=1S/C24H22N6S/c1-29(2)21-9-5-17(6-10-21)13-19(15-25)23-27-24(31-28-23)20(16-26)14-18-7-11-22(12-8-18)30(3)4/h5-14H,1-4H3/b19-13+,20-14+. The molecule has 0 fully saturated rings. The maximum Gasteiger partial charge on any atom is 0.184 e. The Labute approximate surface area is 186 Å². The number of allylic oxidation sites excluding steroid dienone is 2. The van der Waals surface area contributed by atoms with Crippen LogP contribution in [-0.2, 0) is 0 Å². The first-order chi connectivity index (χ1) is 14.9. The minimum Gasteiger partial charge on any atom is -0.378 e. The van der Waals surface area contributed by atoms with Crippen LogP contribution in [0.15, 0.2) is 48.5 Å². The molecule has 2 aromatic carbocycles. The zero-order valence-corrected chi connectivity index (χ0v) is 18.7. The van der Waals surface area contributed by atoms with Gasteiger partial charge in [0.05, 0.1) is 11.1 Å². The normalized spacial score (nSPS) is 11.5. The van der Waals surface area contributed by atoms with Crippen molar-refractivity contribution in [3.8, 4) is 12.1 Å². The third-order valence-corrected chi connectivity index (χ3v) is 5.33. The zero-order valence-electron chi connectivity index (χ0n) is 17.9. The summed E-state index contributed by atoms with van der Waals surface area (Å²) in [6, 6.07) is 20.1. The fraction of sp³-hybridized carbons (Fsp3) is 0.167. The highest BCUT2D eigenvalue weighted by molar-refractivity contribution is 7.06. The van der Waals surface area contributed by atoms with E-state index in [1.807, 2.05) is 86.5 Å². The molecule has 1 heterocycles. The van der Waals surface area contributed by atoms with E-state index in [0.29, 0.717) is 22.0 Å². The molecule has 0 aliphatic carbocycles. The molecular weight excluding hydrogens is 404 g/mol. The third kappa shape index (κ3) is 5.36. The van der Waals surface area contributed by atoms with Crippen LogP contribution in [0, 0.1) is 22.7 Å². The van der Waals surface area contributed by atoms with E-state index in [0.717, 1.165) is 34.0 Å². The van der Waals surface area contributed by atoms with Gasteiger partial charge in [0.15, 0.2) is 10.8 Å². The molecule has 0 spiro atoms. The Bertz CT molecular complexity index is 1090. The van der Waals surface area contributed by atoms with Gasteiger partial charge in [0.1, 0.15) is 12.1 Å². The van der Waals surface area contributed by atoms with Crippen molar-refractivity contribution >= 4 is 46.2 Å². The Morgan fingerprint density at radius 2 is 1.23 bits per heavy atom. The van der Waals surface area contributed by atoms with Crippen molar-refractivity contribution in [1.29, 1.82) is 10.5 Å². The molecule has 7 heteroatoms. The van der Waals surface area contributed by atoms with Gasteiger partial charge in [-0.25, -0.2) is 4.98 Å². The summed E-state index contributed by atoms with van der Waals surface area (Å²) in [6.07, 6.45) is 3.53. The largest absolute Gasteiger partial charge is 0.378 e. The van der Waals surface area contributed by atoms with Crippen LogP contribution in [0.3, 0.4) is 0 Å². The lowest BCUT2D eigenvalue weighted by Gasteiger charge is -2.11. The van der Waals surface area contributed by atoms with Crippen LogP contribution in [0.4, 0.5) is 11.4 Å².